The lowest BCUT2D eigenvalue weighted by Gasteiger charge is -2.61. The van der Waals surface area contributed by atoms with Crippen molar-refractivity contribution < 1.29 is 28.2 Å². The Kier molecular flexibility index (Phi) is 3.72. The van der Waals surface area contributed by atoms with E-state index in [4.69, 9.17) is 14.6 Å². The molecule has 0 atom stereocenters. The molecule has 0 aliphatic heterocycles. The summed E-state index contributed by atoms with van der Waals surface area (Å²) in [7, 11) is 0. The number of carbonyl (C=O) groups is 1. The lowest BCUT2D eigenvalue weighted by Crippen LogP contribution is -2.69. The molecule has 4 aliphatic carbocycles. The van der Waals surface area contributed by atoms with Crippen molar-refractivity contribution in [3.05, 3.63) is 0 Å². The summed E-state index contributed by atoms with van der Waals surface area (Å²) in [4.78, 5) is 11.2. The number of hydrogen-bond donors (Lipinski definition) is 1. The Labute approximate surface area is 122 Å². The Morgan fingerprint density at radius 2 is 1.71 bits per heavy atom. The molecule has 4 bridgehead atoms. The summed E-state index contributed by atoms with van der Waals surface area (Å²) in [5.74, 6) is -5.78. The topological polar surface area (TPSA) is 55.8 Å². The minimum Gasteiger partial charge on any atom is -0.477 e. The molecule has 4 saturated carbocycles. The number of alkyl halides is 2. The van der Waals surface area contributed by atoms with Crippen LogP contribution in [0.15, 0.2) is 0 Å². The smallest absolute Gasteiger partial charge is 0.377 e. The van der Waals surface area contributed by atoms with Crippen molar-refractivity contribution in [1.29, 1.82) is 0 Å². The molecule has 1 N–H and O–H groups in total. The van der Waals surface area contributed by atoms with Gasteiger partial charge < -0.3 is 14.6 Å². The second kappa shape index (κ2) is 5.16. The molecule has 0 heterocycles. The van der Waals surface area contributed by atoms with Crippen LogP contribution in [0.1, 0.15) is 39.0 Å². The van der Waals surface area contributed by atoms with E-state index in [1.807, 2.05) is 0 Å². The van der Waals surface area contributed by atoms with Crippen molar-refractivity contribution in [2.24, 2.45) is 23.7 Å². The molecule has 4 rings (SSSR count). The minimum absolute atomic E-state index is 0.262. The molecule has 0 aromatic rings. The van der Waals surface area contributed by atoms with Gasteiger partial charge in [0, 0.05) is 6.61 Å². The number of hydrogen-bond acceptors (Lipinski definition) is 3. The van der Waals surface area contributed by atoms with Gasteiger partial charge in [-0.05, 0) is 62.7 Å². The molecule has 21 heavy (non-hydrogen) atoms. The van der Waals surface area contributed by atoms with Crippen LogP contribution in [0.3, 0.4) is 0 Å². The lowest BCUT2D eigenvalue weighted by molar-refractivity contribution is -0.317. The van der Waals surface area contributed by atoms with Gasteiger partial charge >= 0.3 is 11.9 Å². The Morgan fingerprint density at radius 1 is 1.19 bits per heavy atom. The van der Waals surface area contributed by atoms with Gasteiger partial charge in [0.2, 0.25) is 0 Å². The fourth-order valence-electron chi connectivity index (χ4n) is 5.11. The van der Waals surface area contributed by atoms with Gasteiger partial charge in [0.05, 0.1) is 0 Å². The Balaban J connectivity index is 1.94. The third kappa shape index (κ3) is 2.10. The van der Waals surface area contributed by atoms with Crippen LogP contribution in [-0.2, 0) is 14.3 Å². The average molecular weight is 304 g/mol. The highest BCUT2D eigenvalue weighted by Gasteiger charge is 2.72. The first-order valence-electron chi connectivity index (χ1n) is 7.74. The minimum atomic E-state index is -3.87. The molecule has 4 fully saturated rings. The van der Waals surface area contributed by atoms with Crippen molar-refractivity contribution in [2.45, 2.75) is 50.6 Å². The standard InChI is InChI=1S/C15H22F2O4/c1-2-20-8-21-14(15(16,17)13(18)19)11-4-9-3-10(6-11)7-12(14)5-9/h9-12H,2-8H2,1H3,(H,18,19). The molecule has 4 aliphatic rings. The van der Waals surface area contributed by atoms with Crippen LogP contribution in [0.2, 0.25) is 0 Å². The highest BCUT2D eigenvalue weighted by molar-refractivity contribution is 5.77. The van der Waals surface area contributed by atoms with E-state index in [2.05, 4.69) is 0 Å². The number of rotatable bonds is 6. The third-order valence-electron chi connectivity index (χ3n) is 5.70. The molecule has 4 nitrogen and oxygen atoms in total. The molecule has 0 saturated heterocycles. The van der Waals surface area contributed by atoms with Gasteiger partial charge in [-0.2, -0.15) is 8.78 Å². The summed E-state index contributed by atoms with van der Waals surface area (Å²) in [6, 6.07) is 0. The first-order valence-corrected chi connectivity index (χ1v) is 7.74. The van der Waals surface area contributed by atoms with Crippen LogP contribution in [0, 0.1) is 23.7 Å². The number of halogens is 2. The maximum Gasteiger partial charge on any atom is 0.377 e. The monoisotopic (exact) mass is 304 g/mol. The largest absolute Gasteiger partial charge is 0.477 e. The van der Waals surface area contributed by atoms with Crippen molar-refractivity contribution in [3.63, 3.8) is 0 Å². The van der Waals surface area contributed by atoms with Crippen LogP contribution < -0.4 is 0 Å². The Hall–Kier alpha value is -0.750. The fourth-order valence-corrected chi connectivity index (χ4v) is 5.11. The highest BCUT2D eigenvalue weighted by atomic mass is 19.3. The molecule has 0 unspecified atom stereocenters. The summed E-state index contributed by atoms with van der Waals surface area (Å²) in [5, 5.41) is 9.08. The molecule has 0 radical (unpaired) electrons. The fraction of sp³-hybridized carbons (Fsp3) is 0.933. The van der Waals surface area contributed by atoms with E-state index in [1.54, 1.807) is 6.92 Å². The number of carboxylic acids is 1. The van der Waals surface area contributed by atoms with E-state index < -0.39 is 17.5 Å². The molecule has 0 amide bonds. The molecule has 0 aromatic carbocycles. The third-order valence-corrected chi connectivity index (χ3v) is 5.70. The van der Waals surface area contributed by atoms with Crippen molar-refractivity contribution in [2.75, 3.05) is 13.4 Å². The van der Waals surface area contributed by atoms with E-state index >= 15 is 0 Å². The zero-order valence-corrected chi connectivity index (χ0v) is 12.2. The summed E-state index contributed by atoms with van der Waals surface area (Å²) < 4.78 is 39.8. The zero-order chi connectivity index (χ0) is 15.3. The van der Waals surface area contributed by atoms with Gasteiger partial charge in [0.15, 0.2) is 5.60 Å². The van der Waals surface area contributed by atoms with Crippen LogP contribution in [0.25, 0.3) is 0 Å². The summed E-state index contributed by atoms with van der Waals surface area (Å²) >= 11 is 0. The van der Waals surface area contributed by atoms with Crippen LogP contribution in [0.5, 0.6) is 0 Å². The van der Waals surface area contributed by atoms with Gasteiger partial charge in [-0.25, -0.2) is 4.79 Å². The quantitative estimate of drug-likeness (QED) is 0.605. The average Bonchev–Trinajstić information content (AvgIpc) is 2.41. The Morgan fingerprint density at radius 3 is 2.14 bits per heavy atom. The second-order valence-electron chi connectivity index (χ2n) is 6.73. The van der Waals surface area contributed by atoms with Crippen LogP contribution in [0.4, 0.5) is 8.78 Å². The SMILES string of the molecule is CCOCOC1(C(F)(F)C(=O)O)C2CC3CC(C2)CC1C3. The molecular weight excluding hydrogens is 282 g/mol. The van der Waals surface area contributed by atoms with E-state index in [0.717, 1.165) is 6.42 Å². The predicted molar refractivity (Wildman–Crippen MR) is 69.9 cm³/mol. The van der Waals surface area contributed by atoms with Gasteiger partial charge in [0.1, 0.15) is 6.79 Å². The maximum absolute atomic E-state index is 14.6. The predicted octanol–water partition coefficient (Wildman–Crippen LogP) is 2.91. The maximum atomic E-state index is 14.6. The normalized spacial score (nSPS) is 41.5. The van der Waals surface area contributed by atoms with E-state index in [9.17, 15) is 13.6 Å². The van der Waals surface area contributed by atoms with E-state index in [0.29, 0.717) is 44.1 Å². The molecule has 120 valence electrons. The van der Waals surface area contributed by atoms with Crippen molar-refractivity contribution in [1.82, 2.24) is 0 Å². The van der Waals surface area contributed by atoms with Crippen molar-refractivity contribution >= 4 is 5.97 Å². The number of carboxylic acid groups (broad SMARTS) is 1. The molecule has 0 spiro atoms. The lowest BCUT2D eigenvalue weighted by atomic mass is 9.48. The Bertz CT molecular complexity index is 396. The second-order valence-corrected chi connectivity index (χ2v) is 6.73. The molecule has 0 aromatic heterocycles. The van der Waals surface area contributed by atoms with E-state index in [-0.39, 0.29) is 18.6 Å². The number of aliphatic carboxylic acids is 1. The molecular formula is C15H22F2O4. The van der Waals surface area contributed by atoms with Crippen molar-refractivity contribution in [3.8, 4) is 0 Å². The number of ether oxygens (including phenoxy) is 2. The van der Waals surface area contributed by atoms with Crippen LogP contribution >= 0.6 is 0 Å². The van der Waals surface area contributed by atoms with Gasteiger partial charge in [-0.1, -0.05) is 0 Å². The van der Waals surface area contributed by atoms with Gasteiger partial charge in [-0.3, -0.25) is 0 Å². The van der Waals surface area contributed by atoms with Gasteiger partial charge in [-0.15, -0.1) is 0 Å². The summed E-state index contributed by atoms with van der Waals surface area (Å²) in [6.45, 7) is 1.85. The summed E-state index contributed by atoms with van der Waals surface area (Å²) in [6.07, 6.45) is 3.72. The van der Waals surface area contributed by atoms with Gasteiger partial charge in [0.25, 0.3) is 0 Å². The molecule has 6 heteroatoms. The first kappa shape index (κ1) is 15.2. The zero-order valence-electron chi connectivity index (χ0n) is 12.2. The first-order chi connectivity index (χ1) is 9.91. The highest BCUT2D eigenvalue weighted by Crippen LogP contribution is 2.63. The van der Waals surface area contributed by atoms with Crippen LogP contribution in [-0.4, -0.2) is 36.0 Å². The van der Waals surface area contributed by atoms with E-state index in [1.165, 1.54) is 0 Å². The summed E-state index contributed by atoms with van der Waals surface area (Å²) in [5.41, 5.74) is -1.89.